The van der Waals surface area contributed by atoms with Crippen LogP contribution in [-0.4, -0.2) is 35.8 Å². The number of rotatable bonds is 4. The Hall–Kier alpha value is -2.17. The van der Waals surface area contributed by atoms with Gasteiger partial charge in [0.1, 0.15) is 5.82 Å². The van der Waals surface area contributed by atoms with Crippen LogP contribution < -0.4 is 5.32 Å². The first-order valence-electron chi connectivity index (χ1n) is 12.7. The number of nitrogens with zero attached hydrogens (tertiary/aromatic N) is 1. The average Bonchev–Trinajstić information content (AvgIpc) is 3.12. The van der Waals surface area contributed by atoms with Crippen molar-refractivity contribution in [3.05, 3.63) is 47.8 Å². The molecular weight excluding hydrogens is 415 g/mol. The first kappa shape index (κ1) is 22.6. The molecule has 4 nitrogen and oxygen atoms in total. The van der Waals surface area contributed by atoms with Crippen molar-refractivity contribution in [2.24, 2.45) is 28.6 Å². The smallest absolute Gasteiger partial charge is 0.246 e. The van der Waals surface area contributed by atoms with Gasteiger partial charge in [-0.3, -0.25) is 9.59 Å². The van der Waals surface area contributed by atoms with Gasteiger partial charge in [0.05, 0.1) is 0 Å². The first-order chi connectivity index (χ1) is 15.7. The predicted molar refractivity (Wildman–Crippen MR) is 127 cm³/mol. The maximum absolute atomic E-state index is 13.9. The standard InChI is InChI=1S/C28H37FN2O2/c1-27-16-14-21-19(9-12-24-28(21,2)17-15-26(33)31(24)3)20(27)10-11-23(27)30-25(32)13-8-18-6-4-5-7-22(18)29/h4-7,15,17,19-21,23-24H,8-14,16H2,1-3H3,(H,30,32)/t19-,20-,21-,23-,24+,27-,28+/m0/s1. The number of hydrogen-bond donors (Lipinski definition) is 1. The van der Waals surface area contributed by atoms with Crippen molar-refractivity contribution in [1.82, 2.24) is 10.2 Å². The Morgan fingerprint density at radius 2 is 1.91 bits per heavy atom. The van der Waals surface area contributed by atoms with Gasteiger partial charge in [0.15, 0.2) is 0 Å². The van der Waals surface area contributed by atoms with Crippen LogP contribution in [0, 0.1) is 34.4 Å². The lowest BCUT2D eigenvalue weighted by atomic mass is 9.48. The third kappa shape index (κ3) is 3.63. The fourth-order valence-electron chi connectivity index (χ4n) is 8.19. The summed E-state index contributed by atoms with van der Waals surface area (Å²) < 4.78 is 13.9. The molecule has 1 heterocycles. The molecule has 0 unspecified atom stereocenters. The van der Waals surface area contributed by atoms with Crippen molar-refractivity contribution in [2.75, 3.05) is 7.05 Å². The van der Waals surface area contributed by atoms with Gasteiger partial charge in [0.2, 0.25) is 11.8 Å². The van der Waals surface area contributed by atoms with Crippen LogP contribution in [0.25, 0.3) is 0 Å². The molecule has 0 bridgehead atoms. The molecule has 1 aromatic rings. The Bertz CT molecular complexity index is 976. The molecule has 1 aromatic carbocycles. The molecule has 1 aliphatic heterocycles. The number of hydrogen-bond acceptors (Lipinski definition) is 2. The third-order valence-electron chi connectivity index (χ3n) is 10.0. The van der Waals surface area contributed by atoms with Gasteiger partial charge in [-0.1, -0.05) is 38.1 Å². The monoisotopic (exact) mass is 452 g/mol. The Balaban J connectivity index is 1.27. The summed E-state index contributed by atoms with van der Waals surface area (Å²) >= 11 is 0. The van der Waals surface area contributed by atoms with E-state index in [2.05, 4.69) is 25.2 Å². The molecule has 3 fully saturated rings. The van der Waals surface area contributed by atoms with Gasteiger partial charge >= 0.3 is 0 Å². The number of fused-ring (bicyclic) bond motifs is 5. The summed E-state index contributed by atoms with van der Waals surface area (Å²) in [6.45, 7) is 4.76. The zero-order chi connectivity index (χ0) is 23.4. The highest BCUT2D eigenvalue weighted by Gasteiger charge is 2.60. The van der Waals surface area contributed by atoms with Gasteiger partial charge in [-0.15, -0.1) is 0 Å². The molecule has 1 N–H and O–H groups in total. The van der Waals surface area contributed by atoms with E-state index in [-0.39, 0.29) is 34.5 Å². The summed E-state index contributed by atoms with van der Waals surface area (Å²) in [4.78, 5) is 27.0. The van der Waals surface area contributed by atoms with E-state index in [0.717, 1.165) is 32.1 Å². The van der Waals surface area contributed by atoms with Crippen LogP contribution >= 0.6 is 0 Å². The van der Waals surface area contributed by atoms with E-state index >= 15 is 0 Å². The second-order valence-corrected chi connectivity index (χ2v) is 11.5. The number of halogens is 1. The molecule has 0 saturated heterocycles. The lowest BCUT2D eigenvalue weighted by molar-refractivity contribution is -0.138. The molecule has 0 radical (unpaired) electrons. The Kier molecular flexibility index (Phi) is 5.65. The van der Waals surface area contributed by atoms with Crippen molar-refractivity contribution in [3.63, 3.8) is 0 Å². The Morgan fingerprint density at radius 1 is 1.12 bits per heavy atom. The fraction of sp³-hybridized carbons (Fsp3) is 0.643. The van der Waals surface area contributed by atoms with Gasteiger partial charge in [-0.05, 0) is 85.8 Å². The van der Waals surface area contributed by atoms with Gasteiger partial charge in [0.25, 0.3) is 0 Å². The van der Waals surface area contributed by atoms with E-state index in [0.29, 0.717) is 42.2 Å². The molecule has 4 aliphatic rings. The van der Waals surface area contributed by atoms with E-state index in [1.165, 1.54) is 12.5 Å². The second kappa shape index (κ2) is 8.25. The summed E-state index contributed by atoms with van der Waals surface area (Å²) in [7, 11) is 1.96. The third-order valence-corrected chi connectivity index (χ3v) is 10.0. The molecule has 5 heteroatoms. The lowest BCUT2D eigenvalue weighted by Crippen LogP contribution is -2.60. The molecule has 0 spiro atoms. The highest BCUT2D eigenvalue weighted by Crippen LogP contribution is 2.63. The molecular formula is C28H37FN2O2. The number of likely N-dealkylation sites (N-methyl/N-ethyl adjacent to an activating group) is 1. The number of aryl methyl sites for hydroxylation is 1. The van der Waals surface area contributed by atoms with E-state index in [1.54, 1.807) is 18.2 Å². The van der Waals surface area contributed by atoms with Gasteiger partial charge in [-0.2, -0.15) is 0 Å². The van der Waals surface area contributed by atoms with Gasteiger partial charge < -0.3 is 10.2 Å². The Labute approximate surface area is 197 Å². The Morgan fingerprint density at radius 3 is 2.70 bits per heavy atom. The van der Waals surface area contributed by atoms with Crippen LogP contribution in [-0.2, 0) is 16.0 Å². The van der Waals surface area contributed by atoms with Gasteiger partial charge in [0, 0.05) is 31.0 Å². The normalized spacial score (nSPS) is 39.6. The van der Waals surface area contributed by atoms with Crippen LogP contribution in [0.5, 0.6) is 0 Å². The van der Waals surface area contributed by atoms with Crippen LogP contribution in [0.15, 0.2) is 36.4 Å². The molecule has 0 aromatic heterocycles. The highest BCUT2D eigenvalue weighted by atomic mass is 19.1. The highest BCUT2D eigenvalue weighted by molar-refractivity contribution is 5.89. The average molecular weight is 453 g/mol. The van der Waals surface area contributed by atoms with Crippen molar-refractivity contribution in [2.45, 2.75) is 77.3 Å². The number of carbonyl (C=O) groups excluding carboxylic acids is 2. The number of carbonyl (C=O) groups is 2. The summed E-state index contributed by atoms with van der Waals surface area (Å²) in [5, 5.41) is 3.35. The zero-order valence-corrected chi connectivity index (χ0v) is 20.1. The van der Waals surface area contributed by atoms with E-state index in [9.17, 15) is 14.0 Å². The number of benzene rings is 1. The molecule has 3 aliphatic carbocycles. The van der Waals surface area contributed by atoms with Crippen LogP contribution in [0.2, 0.25) is 0 Å². The maximum Gasteiger partial charge on any atom is 0.246 e. The minimum absolute atomic E-state index is 0.0401. The van der Waals surface area contributed by atoms with Crippen molar-refractivity contribution >= 4 is 11.8 Å². The topological polar surface area (TPSA) is 49.4 Å². The van der Waals surface area contributed by atoms with Crippen LogP contribution in [0.1, 0.15) is 64.4 Å². The zero-order valence-electron chi connectivity index (χ0n) is 20.1. The summed E-state index contributed by atoms with van der Waals surface area (Å²) in [5.41, 5.74) is 0.782. The van der Waals surface area contributed by atoms with Crippen LogP contribution in [0.3, 0.4) is 0 Å². The predicted octanol–water partition coefficient (Wildman–Crippen LogP) is 4.88. The summed E-state index contributed by atoms with van der Waals surface area (Å²) in [6, 6.07) is 7.23. The second-order valence-electron chi connectivity index (χ2n) is 11.5. The molecule has 7 atom stereocenters. The minimum atomic E-state index is -0.232. The lowest BCUT2D eigenvalue weighted by Gasteiger charge is -2.60. The summed E-state index contributed by atoms with van der Waals surface area (Å²) in [6.07, 6.45) is 11.5. The van der Waals surface area contributed by atoms with Crippen molar-refractivity contribution < 1.29 is 14.0 Å². The molecule has 3 saturated carbocycles. The molecule has 5 rings (SSSR count). The summed E-state index contributed by atoms with van der Waals surface area (Å²) in [5.74, 6) is 1.80. The van der Waals surface area contributed by atoms with Crippen molar-refractivity contribution in [3.8, 4) is 0 Å². The number of nitrogens with one attached hydrogen (secondary N) is 1. The van der Waals surface area contributed by atoms with E-state index in [1.807, 2.05) is 18.0 Å². The van der Waals surface area contributed by atoms with E-state index < -0.39 is 0 Å². The largest absolute Gasteiger partial charge is 0.353 e. The number of amides is 2. The SMILES string of the molecule is CN1C(=O)C=C[C@]2(C)[C@H]3CC[C@]4(C)[C@@H](NC(=O)CCc5ccccc5F)CC[C@H]4[C@@H]3CC[C@@H]12. The molecule has 33 heavy (non-hydrogen) atoms. The van der Waals surface area contributed by atoms with E-state index in [4.69, 9.17) is 0 Å². The quantitative estimate of drug-likeness (QED) is 0.708. The molecule has 2 amide bonds. The van der Waals surface area contributed by atoms with Crippen molar-refractivity contribution in [1.29, 1.82) is 0 Å². The fourth-order valence-corrected chi connectivity index (χ4v) is 8.19. The maximum atomic E-state index is 13.9. The first-order valence-corrected chi connectivity index (χ1v) is 12.7. The minimum Gasteiger partial charge on any atom is -0.353 e. The van der Waals surface area contributed by atoms with Gasteiger partial charge in [-0.25, -0.2) is 4.39 Å². The molecule has 178 valence electrons. The van der Waals surface area contributed by atoms with Crippen LogP contribution in [0.4, 0.5) is 4.39 Å².